The zero-order chi connectivity index (χ0) is 3.58. The van der Waals surface area contributed by atoms with Crippen LogP contribution in [0.3, 0.4) is 0 Å². The van der Waals surface area contributed by atoms with Crippen LogP contribution in [0.2, 0.25) is 0 Å². The van der Waals surface area contributed by atoms with Gasteiger partial charge in [-0.2, -0.15) is 0 Å². The van der Waals surface area contributed by atoms with E-state index in [1.807, 2.05) is 0 Å². The topological polar surface area (TPSA) is 125 Å². The van der Waals surface area contributed by atoms with Gasteiger partial charge in [0.2, 0.25) is 0 Å². The second kappa shape index (κ2) is 24.7. The molecule has 8 heavy (non-hydrogen) atoms. The summed E-state index contributed by atoms with van der Waals surface area (Å²) in [6, 6.07) is 0. The molecule has 0 amide bonds. The minimum absolute atomic E-state index is 0. The molecule has 0 aromatic heterocycles. The third-order valence-corrected chi connectivity index (χ3v) is 0. The van der Waals surface area contributed by atoms with E-state index >= 15 is 0 Å². The molecule has 0 atom stereocenters. The van der Waals surface area contributed by atoms with Crippen molar-refractivity contribution in [3.63, 3.8) is 0 Å². The van der Waals surface area contributed by atoms with E-state index in [-0.39, 0.29) is 66.1 Å². The van der Waals surface area contributed by atoms with Crippen LogP contribution < -0.4 is 0 Å². The quantitative estimate of drug-likeness (QED) is 0.250. The Morgan fingerprint density at radius 3 is 1.50 bits per heavy atom. The molecule has 0 aromatic carbocycles. The van der Waals surface area contributed by atoms with Crippen molar-refractivity contribution in [2.75, 3.05) is 0 Å². The van der Waals surface area contributed by atoms with Crippen LogP contribution in [0.1, 0.15) is 0 Å². The Morgan fingerprint density at radius 1 is 1.50 bits per heavy atom. The van der Waals surface area contributed by atoms with Crippen LogP contribution in [0, 0.1) is 10.1 Å². The SMILES string of the molecule is O.O=[N+]([O-])O.[Al+3].[Ca+2].[OH-]. The van der Waals surface area contributed by atoms with Crippen LogP contribution in [0.4, 0.5) is 0 Å². The molecule has 0 saturated heterocycles. The largest absolute Gasteiger partial charge is 3.00 e. The van der Waals surface area contributed by atoms with Crippen LogP contribution >= 0.6 is 0 Å². The molecule has 0 fully saturated rings. The Bertz CT molecular complexity index is 35.4. The van der Waals surface area contributed by atoms with Gasteiger partial charge in [0.15, 0.2) is 0 Å². The van der Waals surface area contributed by atoms with Gasteiger partial charge in [0, 0.05) is 0 Å². The van der Waals surface area contributed by atoms with Gasteiger partial charge >= 0.3 is 55.1 Å². The van der Waals surface area contributed by atoms with Gasteiger partial charge in [0.1, 0.15) is 0 Å². The monoisotopic (exact) mass is 165 g/mol. The van der Waals surface area contributed by atoms with Crippen molar-refractivity contribution in [1.82, 2.24) is 0 Å². The van der Waals surface area contributed by atoms with Gasteiger partial charge in [-0.15, -0.1) is 10.1 Å². The van der Waals surface area contributed by atoms with E-state index in [0.29, 0.717) is 0 Å². The molecule has 6 nitrogen and oxygen atoms in total. The van der Waals surface area contributed by atoms with E-state index in [4.69, 9.17) is 15.3 Å². The van der Waals surface area contributed by atoms with E-state index in [1.165, 1.54) is 0 Å². The molecule has 0 bridgehead atoms. The normalized spacial score (nSPS) is 3.00. The maximum absolute atomic E-state index is 8.36. The van der Waals surface area contributed by atoms with Crippen LogP contribution in [-0.4, -0.2) is 76.3 Å². The molecule has 0 heterocycles. The first-order valence-corrected chi connectivity index (χ1v) is 0.565. The van der Waals surface area contributed by atoms with E-state index < -0.39 is 5.09 Å². The van der Waals surface area contributed by atoms with Gasteiger partial charge in [-0.05, 0) is 0 Å². The summed E-state index contributed by atoms with van der Waals surface area (Å²) in [6.07, 6.45) is 0. The van der Waals surface area contributed by atoms with Crippen LogP contribution in [0.15, 0.2) is 0 Å². The minimum Gasteiger partial charge on any atom is -0.870 e. The molecule has 0 spiro atoms. The van der Waals surface area contributed by atoms with Crippen molar-refractivity contribution in [2.45, 2.75) is 0 Å². The predicted molar refractivity (Wildman–Crippen MR) is 25.8 cm³/mol. The van der Waals surface area contributed by atoms with Crippen LogP contribution in [-0.2, 0) is 0 Å². The molecule has 0 saturated carbocycles. The standard InChI is InChI=1S/Al.Ca.HNO3.2H2O/c;;2-1(3)4;;/h;;(H,2,3,4);2*1H2/q+3;+2;;;/p-1. The van der Waals surface area contributed by atoms with Crippen molar-refractivity contribution in [3.05, 3.63) is 10.1 Å². The molecule has 0 aromatic rings. The van der Waals surface area contributed by atoms with Gasteiger partial charge in [-0.25, -0.2) is 0 Å². The minimum atomic E-state index is -1.50. The molecule has 0 aliphatic rings. The van der Waals surface area contributed by atoms with Crippen molar-refractivity contribution in [1.29, 1.82) is 0 Å². The smallest absolute Gasteiger partial charge is 0.870 e. The molecule has 8 heteroatoms. The van der Waals surface area contributed by atoms with E-state index in [9.17, 15) is 0 Å². The van der Waals surface area contributed by atoms with E-state index in [2.05, 4.69) is 0 Å². The summed E-state index contributed by atoms with van der Waals surface area (Å²) in [5.74, 6) is 0. The van der Waals surface area contributed by atoms with Gasteiger partial charge in [-0.3, -0.25) is 0 Å². The average Bonchev–Trinajstić information content (AvgIpc) is 0.811. The number of rotatable bonds is 0. The Balaban J connectivity index is -0.00000000750. The van der Waals surface area contributed by atoms with Crippen molar-refractivity contribution in [3.8, 4) is 0 Å². The second-order valence-electron chi connectivity index (χ2n) is 0.238. The summed E-state index contributed by atoms with van der Waals surface area (Å²) in [6.45, 7) is 0. The Labute approximate surface area is 85.7 Å². The summed E-state index contributed by atoms with van der Waals surface area (Å²) < 4.78 is 0. The van der Waals surface area contributed by atoms with Gasteiger partial charge in [0.25, 0.3) is 5.09 Å². The Morgan fingerprint density at radius 2 is 1.50 bits per heavy atom. The zero-order valence-electron chi connectivity index (χ0n) is 3.94. The summed E-state index contributed by atoms with van der Waals surface area (Å²) in [5, 5.41) is 13.6. The summed E-state index contributed by atoms with van der Waals surface area (Å²) >= 11 is 0. The molecular weight excluding hydrogens is 161 g/mol. The van der Waals surface area contributed by atoms with Crippen molar-refractivity contribution >= 4 is 55.1 Å². The molecule has 0 radical (unpaired) electrons. The summed E-state index contributed by atoms with van der Waals surface area (Å²) in [5.41, 5.74) is 0. The molecule has 0 rings (SSSR count). The van der Waals surface area contributed by atoms with Gasteiger partial charge in [0.05, 0.1) is 0 Å². The fraction of sp³-hybridized carbons (Fsp3) is 0. The first-order chi connectivity index (χ1) is 1.73. The van der Waals surface area contributed by atoms with E-state index in [1.54, 1.807) is 0 Å². The van der Waals surface area contributed by atoms with Crippen molar-refractivity contribution < 1.29 is 21.2 Å². The fourth-order valence-corrected chi connectivity index (χ4v) is 0. The first kappa shape index (κ1) is 36.5. The van der Waals surface area contributed by atoms with Gasteiger partial charge in [-0.1, -0.05) is 0 Å². The molecule has 0 aliphatic heterocycles. The molecule has 0 aliphatic carbocycles. The Kier molecular flexibility index (Phi) is 113. The molecule has 0 unspecified atom stereocenters. The molecule has 4 N–H and O–H groups in total. The maximum atomic E-state index is 8.36. The summed E-state index contributed by atoms with van der Waals surface area (Å²) in [4.78, 5) is 8.36. The third-order valence-electron chi connectivity index (χ3n) is 0. The van der Waals surface area contributed by atoms with Crippen LogP contribution in [0.5, 0.6) is 0 Å². The number of hydrogen-bond donors (Lipinski definition) is 1. The zero-order valence-corrected chi connectivity index (χ0v) is 7.31. The predicted octanol–water partition coefficient (Wildman–Crippen LogP) is -2.11. The third kappa shape index (κ3) is 290. The first-order valence-electron chi connectivity index (χ1n) is 0.565. The summed E-state index contributed by atoms with van der Waals surface area (Å²) in [7, 11) is 0. The number of nitrogens with zero attached hydrogens (tertiary/aromatic N) is 1. The average molecular weight is 165 g/mol. The maximum Gasteiger partial charge on any atom is 3.00 e. The molecule has 40 valence electrons. The van der Waals surface area contributed by atoms with Gasteiger partial charge < -0.3 is 16.2 Å². The fourth-order valence-electron chi connectivity index (χ4n) is 0. The van der Waals surface area contributed by atoms with Crippen molar-refractivity contribution in [2.24, 2.45) is 0 Å². The molecular formula is H4AlCaNO5+4. The number of hydrogen-bond acceptors (Lipinski definition) is 3. The van der Waals surface area contributed by atoms with E-state index in [0.717, 1.165) is 0 Å². The second-order valence-corrected chi connectivity index (χ2v) is 0.238. The Hall–Kier alpha value is 0.912. The van der Waals surface area contributed by atoms with Crippen LogP contribution in [0.25, 0.3) is 0 Å².